The highest BCUT2D eigenvalue weighted by Crippen LogP contribution is 2.43. The number of hydrogen-bond acceptors (Lipinski definition) is 5. The minimum atomic E-state index is -4.29. The van der Waals surface area contributed by atoms with Gasteiger partial charge < -0.3 is 19.8 Å². The second kappa shape index (κ2) is 31.5. The third-order valence-electron chi connectivity index (χ3n) is 9.11. The Kier molecular flexibility index (Phi) is 31.1. The predicted molar refractivity (Wildman–Crippen MR) is 199 cm³/mol. The van der Waals surface area contributed by atoms with Gasteiger partial charge in [0, 0.05) is 6.42 Å². The summed E-state index contributed by atoms with van der Waals surface area (Å²) in [6.07, 6.45) is 31.3. The molecule has 8 nitrogen and oxygen atoms in total. The summed E-state index contributed by atoms with van der Waals surface area (Å²) in [6, 6.07) is -0.750. The molecular weight excluding hydrogens is 611 g/mol. The van der Waals surface area contributed by atoms with E-state index in [-0.39, 0.29) is 19.1 Å². The van der Waals surface area contributed by atoms with Gasteiger partial charge in [-0.05, 0) is 12.8 Å². The van der Waals surface area contributed by atoms with Crippen LogP contribution in [-0.4, -0.2) is 73.4 Å². The monoisotopic (exact) mass is 692 g/mol. The maximum Gasteiger partial charge on any atom is 0.472 e. The van der Waals surface area contributed by atoms with Crippen molar-refractivity contribution in [2.45, 2.75) is 199 Å². The number of nitrogens with one attached hydrogen (secondary N) is 1. The first-order valence-corrected chi connectivity index (χ1v) is 21.4. The number of phosphoric ester groups is 1. The van der Waals surface area contributed by atoms with Crippen molar-refractivity contribution >= 4 is 13.7 Å². The van der Waals surface area contributed by atoms with Gasteiger partial charge in [-0.2, -0.15) is 0 Å². The minimum absolute atomic E-state index is 0.0778. The van der Waals surface area contributed by atoms with E-state index < -0.39 is 20.0 Å². The number of unbranched alkanes of at least 4 members (excludes halogenated alkanes) is 23. The maximum atomic E-state index is 12.8. The van der Waals surface area contributed by atoms with E-state index in [1.54, 1.807) is 0 Å². The van der Waals surface area contributed by atoms with E-state index in [4.69, 9.17) is 9.05 Å². The Morgan fingerprint density at radius 2 is 1.02 bits per heavy atom. The van der Waals surface area contributed by atoms with Crippen molar-refractivity contribution in [1.82, 2.24) is 5.32 Å². The lowest BCUT2D eigenvalue weighted by Gasteiger charge is -2.26. The highest BCUT2D eigenvalue weighted by molar-refractivity contribution is 7.47. The smallest absolute Gasteiger partial charge is 0.391 e. The van der Waals surface area contributed by atoms with Gasteiger partial charge in [-0.3, -0.25) is 13.8 Å². The quantitative estimate of drug-likeness (QED) is 0.0343. The lowest BCUT2D eigenvalue weighted by molar-refractivity contribution is -0.870. The van der Waals surface area contributed by atoms with E-state index in [9.17, 15) is 19.4 Å². The Balaban J connectivity index is 4.28. The van der Waals surface area contributed by atoms with Gasteiger partial charge >= 0.3 is 7.82 Å². The van der Waals surface area contributed by atoms with Gasteiger partial charge in [-0.15, -0.1) is 0 Å². The van der Waals surface area contributed by atoms with Crippen molar-refractivity contribution in [3.63, 3.8) is 0 Å². The molecule has 1 amide bonds. The molecule has 3 N–H and O–H groups in total. The molecule has 0 fully saturated rings. The summed E-state index contributed by atoms with van der Waals surface area (Å²) < 4.78 is 23.5. The fourth-order valence-electron chi connectivity index (χ4n) is 5.87. The minimum Gasteiger partial charge on any atom is -0.391 e. The Bertz CT molecular complexity index is 748. The number of carbonyl (C=O) groups excluding carboxylic acids is 1. The topological polar surface area (TPSA) is 105 Å². The zero-order valence-electron chi connectivity index (χ0n) is 31.8. The summed E-state index contributed by atoms with van der Waals surface area (Å²) in [5, 5.41) is 13.8. The first-order chi connectivity index (χ1) is 22.5. The van der Waals surface area contributed by atoms with E-state index in [2.05, 4.69) is 19.2 Å². The molecule has 9 heteroatoms. The Morgan fingerprint density at radius 1 is 0.638 bits per heavy atom. The van der Waals surface area contributed by atoms with E-state index in [1.165, 1.54) is 122 Å². The second-order valence-electron chi connectivity index (χ2n) is 15.0. The summed E-state index contributed by atoms with van der Waals surface area (Å²) in [5.74, 6) is -0.145. The van der Waals surface area contributed by atoms with Gasteiger partial charge in [0.2, 0.25) is 5.91 Å². The number of quaternary nitrogens is 1. The number of rotatable bonds is 36. The number of carbonyl (C=O) groups is 1. The Labute approximate surface area is 291 Å². The number of phosphoric acid groups is 1. The molecule has 0 aromatic heterocycles. The first kappa shape index (κ1) is 46.5. The van der Waals surface area contributed by atoms with Crippen molar-refractivity contribution in [2.75, 3.05) is 40.9 Å². The van der Waals surface area contributed by atoms with Crippen molar-refractivity contribution < 1.29 is 32.9 Å². The molecule has 0 aliphatic heterocycles. The number of likely N-dealkylation sites (N-methyl/N-ethyl adjacent to an activating group) is 1. The van der Waals surface area contributed by atoms with Crippen LogP contribution < -0.4 is 5.32 Å². The van der Waals surface area contributed by atoms with Gasteiger partial charge in [0.25, 0.3) is 0 Å². The third-order valence-corrected chi connectivity index (χ3v) is 10.1. The summed E-state index contributed by atoms with van der Waals surface area (Å²) >= 11 is 0. The zero-order chi connectivity index (χ0) is 35.1. The van der Waals surface area contributed by atoms with Crippen molar-refractivity contribution in [3.8, 4) is 0 Å². The molecule has 0 spiro atoms. The number of amides is 1. The van der Waals surface area contributed by atoms with E-state index in [1.807, 2.05) is 21.1 Å². The van der Waals surface area contributed by atoms with Gasteiger partial charge in [-0.25, -0.2) is 4.57 Å². The second-order valence-corrected chi connectivity index (χ2v) is 16.5. The molecule has 3 unspecified atom stereocenters. The molecule has 0 bridgehead atoms. The average molecular weight is 692 g/mol. The number of aliphatic hydroxyl groups excluding tert-OH is 1. The van der Waals surface area contributed by atoms with Crippen LogP contribution in [0.1, 0.15) is 187 Å². The van der Waals surface area contributed by atoms with Crippen molar-refractivity contribution in [1.29, 1.82) is 0 Å². The molecule has 282 valence electrons. The molecule has 0 aliphatic rings. The van der Waals surface area contributed by atoms with Gasteiger partial charge in [-0.1, -0.05) is 168 Å². The lowest BCUT2D eigenvalue weighted by Crippen LogP contribution is -2.46. The lowest BCUT2D eigenvalue weighted by atomic mass is 10.0. The van der Waals surface area contributed by atoms with Crippen LogP contribution in [0.3, 0.4) is 0 Å². The van der Waals surface area contributed by atoms with Crippen LogP contribution in [0.2, 0.25) is 0 Å². The number of hydrogen-bond donors (Lipinski definition) is 3. The molecule has 0 heterocycles. The highest BCUT2D eigenvalue weighted by Gasteiger charge is 2.28. The van der Waals surface area contributed by atoms with Crippen molar-refractivity contribution in [3.05, 3.63) is 0 Å². The highest BCUT2D eigenvalue weighted by atomic mass is 31.2. The van der Waals surface area contributed by atoms with E-state index in [0.717, 1.165) is 38.5 Å². The molecule has 0 radical (unpaired) electrons. The fraction of sp³-hybridized carbons (Fsp3) is 0.974. The molecule has 3 atom stereocenters. The summed E-state index contributed by atoms with van der Waals surface area (Å²) in [5.41, 5.74) is 0. The van der Waals surface area contributed by atoms with E-state index >= 15 is 0 Å². The standard InChI is InChI=1S/C38H79N2O6P/c1-6-8-10-12-14-16-17-18-19-20-21-22-23-24-26-28-30-32-38(42)39-36(35-46-47(43,44)45-34-33-40(3,4)5)37(41)31-29-27-25-15-13-11-9-7-2/h36-37,41H,6-35H2,1-5H3,(H-,39,42,43,44)/p+1. The first-order valence-electron chi connectivity index (χ1n) is 19.9. The Morgan fingerprint density at radius 3 is 1.43 bits per heavy atom. The normalized spacial score (nSPS) is 14.6. The molecular formula is C38H80N2O6P+. The van der Waals surface area contributed by atoms with Gasteiger partial charge in [0.1, 0.15) is 13.2 Å². The molecule has 0 aliphatic carbocycles. The molecule has 47 heavy (non-hydrogen) atoms. The Hall–Kier alpha value is -0.500. The fourth-order valence-corrected chi connectivity index (χ4v) is 6.60. The largest absolute Gasteiger partial charge is 0.472 e. The SMILES string of the molecule is CCCCCCCCCCCCCCCCCCCC(=O)NC(COP(=O)(O)OCC[N+](C)(C)C)C(O)CCCCCCCCCC. The van der Waals surface area contributed by atoms with Crippen molar-refractivity contribution in [2.24, 2.45) is 0 Å². The van der Waals surface area contributed by atoms with Crippen LogP contribution >= 0.6 is 7.82 Å². The zero-order valence-corrected chi connectivity index (χ0v) is 32.7. The van der Waals surface area contributed by atoms with Crippen LogP contribution in [0.4, 0.5) is 0 Å². The van der Waals surface area contributed by atoms with Gasteiger partial charge in [0.15, 0.2) is 0 Å². The predicted octanol–water partition coefficient (Wildman–Crippen LogP) is 10.2. The summed E-state index contributed by atoms with van der Waals surface area (Å²) in [4.78, 5) is 23.0. The molecule has 0 saturated carbocycles. The summed E-state index contributed by atoms with van der Waals surface area (Å²) in [7, 11) is 1.62. The maximum absolute atomic E-state index is 12.8. The number of nitrogens with zero attached hydrogens (tertiary/aromatic N) is 1. The van der Waals surface area contributed by atoms with Crippen LogP contribution in [0.5, 0.6) is 0 Å². The third kappa shape index (κ3) is 33.8. The van der Waals surface area contributed by atoms with Crippen LogP contribution in [0, 0.1) is 0 Å². The number of aliphatic hydroxyl groups is 1. The molecule has 0 aromatic carbocycles. The van der Waals surface area contributed by atoms with Crippen LogP contribution in [0.15, 0.2) is 0 Å². The molecule has 0 aromatic rings. The summed E-state index contributed by atoms with van der Waals surface area (Å²) in [6.45, 7) is 4.86. The van der Waals surface area contributed by atoms with Gasteiger partial charge in [0.05, 0.1) is 39.9 Å². The van der Waals surface area contributed by atoms with Crippen LogP contribution in [-0.2, 0) is 18.4 Å². The van der Waals surface area contributed by atoms with Crippen LogP contribution in [0.25, 0.3) is 0 Å². The molecule has 0 saturated heterocycles. The molecule has 0 rings (SSSR count). The van der Waals surface area contributed by atoms with E-state index in [0.29, 0.717) is 23.9 Å². The average Bonchev–Trinajstić information content (AvgIpc) is 3.01.